The van der Waals surface area contributed by atoms with Crippen LogP contribution in [0.15, 0.2) is 30.0 Å². The SMILES string of the molecule is CC(C)=CCCC(C)CCN1CCC(NC(=O)CCCc2cc(C(=O)O)ccn2)C1. The Morgan fingerprint density at radius 2 is 2.17 bits per heavy atom. The summed E-state index contributed by atoms with van der Waals surface area (Å²) in [5, 5.41) is 12.2. The van der Waals surface area contributed by atoms with Crippen molar-refractivity contribution in [2.45, 2.75) is 71.8 Å². The van der Waals surface area contributed by atoms with Gasteiger partial charge < -0.3 is 15.3 Å². The number of carboxylic acids is 1. The van der Waals surface area contributed by atoms with Crippen molar-refractivity contribution in [3.8, 4) is 0 Å². The van der Waals surface area contributed by atoms with Gasteiger partial charge >= 0.3 is 5.97 Å². The van der Waals surface area contributed by atoms with Crippen LogP contribution < -0.4 is 5.32 Å². The van der Waals surface area contributed by atoms with E-state index in [2.05, 4.69) is 42.0 Å². The first-order valence-electron chi connectivity index (χ1n) is 11.2. The number of hydrogen-bond acceptors (Lipinski definition) is 4. The maximum absolute atomic E-state index is 12.3. The molecule has 1 aliphatic heterocycles. The second-order valence-electron chi connectivity index (χ2n) is 8.80. The molecule has 1 saturated heterocycles. The van der Waals surface area contributed by atoms with E-state index in [1.165, 1.54) is 30.7 Å². The van der Waals surface area contributed by atoms with Crippen LogP contribution in [0.4, 0.5) is 0 Å². The molecule has 30 heavy (non-hydrogen) atoms. The highest BCUT2D eigenvalue weighted by Gasteiger charge is 2.23. The first kappa shape index (κ1) is 24.1. The molecule has 1 fully saturated rings. The number of pyridine rings is 1. The molecular weight excluding hydrogens is 378 g/mol. The molecule has 0 bridgehead atoms. The molecule has 2 unspecified atom stereocenters. The second-order valence-corrected chi connectivity index (χ2v) is 8.80. The van der Waals surface area contributed by atoms with Crippen LogP contribution in [0.3, 0.4) is 0 Å². The van der Waals surface area contributed by atoms with Gasteiger partial charge in [-0.15, -0.1) is 0 Å². The third-order valence-electron chi connectivity index (χ3n) is 5.69. The van der Waals surface area contributed by atoms with E-state index in [1.807, 2.05) is 0 Å². The Kier molecular flexibility index (Phi) is 10.0. The van der Waals surface area contributed by atoms with Gasteiger partial charge in [0.1, 0.15) is 0 Å². The van der Waals surface area contributed by atoms with E-state index in [0.717, 1.165) is 38.4 Å². The number of hydrogen-bond donors (Lipinski definition) is 2. The fraction of sp³-hybridized carbons (Fsp3) is 0.625. The van der Waals surface area contributed by atoms with Gasteiger partial charge in [0.25, 0.3) is 0 Å². The lowest BCUT2D eigenvalue weighted by atomic mass is 10.0. The maximum Gasteiger partial charge on any atom is 0.335 e. The van der Waals surface area contributed by atoms with Crippen molar-refractivity contribution in [2.24, 2.45) is 5.92 Å². The summed E-state index contributed by atoms with van der Waals surface area (Å²) in [6.45, 7) is 9.73. The highest BCUT2D eigenvalue weighted by atomic mass is 16.4. The van der Waals surface area contributed by atoms with Crippen LogP contribution in [0.1, 0.15) is 75.3 Å². The average Bonchev–Trinajstić information content (AvgIpc) is 3.13. The number of carbonyl (C=O) groups is 2. The van der Waals surface area contributed by atoms with Crippen LogP contribution in [0.2, 0.25) is 0 Å². The molecular formula is C24H37N3O3. The fourth-order valence-electron chi connectivity index (χ4n) is 3.84. The Balaban J connectivity index is 1.61. The molecule has 1 aromatic rings. The highest BCUT2D eigenvalue weighted by Crippen LogP contribution is 2.16. The standard InChI is InChI=1S/C24H37N3O3/c1-18(2)6-4-7-19(3)11-14-27-15-12-22(17-27)26-23(28)9-5-8-21-16-20(24(29)30)10-13-25-21/h6,10,13,16,19,22H,4-5,7-9,11-12,14-15,17H2,1-3H3,(H,26,28)(H,29,30). The molecule has 2 atom stereocenters. The van der Waals surface area contributed by atoms with Gasteiger partial charge in [-0.3, -0.25) is 9.78 Å². The van der Waals surface area contributed by atoms with E-state index in [-0.39, 0.29) is 17.5 Å². The molecule has 6 heteroatoms. The zero-order valence-corrected chi connectivity index (χ0v) is 18.7. The van der Waals surface area contributed by atoms with Gasteiger partial charge in [0.05, 0.1) is 5.56 Å². The van der Waals surface area contributed by atoms with Crippen LogP contribution in [-0.2, 0) is 11.2 Å². The normalized spacial score (nSPS) is 17.5. The monoisotopic (exact) mass is 415 g/mol. The minimum atomic E-state index is -0.954. The minimum absolute atomic E-state index is 0.0753. The van der Waals surface area contributed by atoms with Crippen molar-refractivity contribution in [1.82, 2.24) is 15.2 Å². The molecule has 1 amide bonds. The topological polar surface area (TPSA) is 82.5 Å². The van der Waals surface area contributed by atoms with Gasteiger partial charge in [-0.25, -0.2) is 4.79 Å². The quantitative estimate of drug-likeness (QED) is 0.503. The zero-order chi connectivity index (χ0) is 21.9. The smallest absolute Gasteiger partial charge is 0.335 e. The number of rotatable bonds is 12. The Morgan fingerprint density at radius 1 is 1.37 bits per heavy atom. The molecule has 166 valence electrons. The lowest BCUT2D eigenvalue weighted by Crippen LogP contribution is -2.37. The fourth-order valence-corrected chi connectivity index (χ4v) is 3.84. The summed E-state index contributed by atoms with van der Waals surface area (Å²) >= 11 is 0. The first-order valence-corrected chi connectivity index (χ1v) is 11.2. The molecule has 0 spiro atoms. The number of likely N-dealkylation sites (tertiary alicyclic amines) is 1. The highest BCUT2D eigenvalue weighted by molar-refractivity contribution is 5.87. The van der Waals surface area contributed by atoms with E-state index >= 15 is 0 Å². The number of carboxylic acid groups (broad SMARTS) is 1. The molecule has 1 aliphatic rings. The van der Waals surface area contributed by atoms with Crippen LogP contribution in [0.5, 0.6) is 0 Å². The molecule has 1 aromatic heterocycles. The van der Waals surface area contributed by atoms with Crippen molar-refractivity contribution in [3.63, 3.8) is 0 Å². The van der Waals surface area contributed by atoms with Gasteiger partial charge in [0.2, 0.25) is 5.91 Å². The number of carbonyl (C=O) groups excluding carboxylic acids is 1. The summed E-state index contributed by atoms with van der Waals surface area (Å²) in [4.78, 5) is 29.9. The number of aryl methyl sites for hydroxylation is 1. The van der Waals surface area contributed by atoms with E-state index in [9.17, 15) is 9.59 Å². The molecule has 0 radical (unpaired) electrons. The molecule has 2 heterocycles. The van der Waals surface area contributed by atoms with E-state index in [0.29, 0.717) is 25.0 Å². The van der Waals surface area contributed by atoms with Crippen molar-refractivity contribution < 1.29 is 14.7 Å². The summed E-state index contributed by atoms with van der Waals surface area (Å²) < 4.78 is 0. The summed E-state index contributed by atoms with van der Waals surface area (Å²) in [6, 6.07) is 3.30. The Bertz CT molecular complexity index is 728. The Hall–Kier alpha value is -2.21. The molecule has 0 saturated carbocycles. The number of nitrogens with one attached hydrogen (secondary N) is 1. The van der Waals surface area contributed by atoms with E-state index in [1.54, 1.807) is 6.07 Å². The number of allylic oxidation sites excluding steroid dienone is 2. The molecule has 2 N–H and O–H groups in total. The summed E-state index contributed by atoms with van der Waals surface area (Å²) in [5.41, 5.74) is 2.35. The number of aromatic carboxylic acids is 1. The predicted molar refractivity (Wildman–Crippen MR) is 120 cm³/mol. The third kappa shape index (κ3) is 9.08. The van der Waals surface area contributed by atoms with Crippen LogP contribution >= 0.6 is 0 Å². The first-order chi connectivity index (χ1) is 14.3. The van der Waals surface area contributed by atoms with Gasteiger partial charge in [-0.1, -0.05) is 18.6 Å². The van der Waals surface area contributed by atoms with Crippen molar-refractivity contribution in [1.29, 1.82) is 0 Å². The van der Waals surface area contributed by atoms with E-state index < -0.39 is 5.97 Å². The molecule has 0 aromatic carbocycles. The second kappa shape index (κ2) is 12.5. The average molecular weight is 416 g/mol. The van der Waals surface area contributed by atoms with Crippen molar-refractivity contribution in [2.75, 3.05) is 19.6 Å². The van der Waals surface area contributed by atoms with Crippen LogP contribution in [-0.4, -0.2) is 52.5 Å². The van der Waals surface area contributed by atoms with Crippen molar-refractivity contribution >= 4 is 11.9 Å². The minimum Gasteiger partial charge on any atom is -0.478 e. The predicted octanol–water partition coefficient (Wildman–Crippen LogP) is 4.07. The van der Waals surface area contributed by atoms with Gasteiger partial charge in [-0.2, -0.15) is 0 Å². The summed E-state index contributed by atoms with van der Waals surface area (Å²) in [6.07, 6.45) is 10.2. The van der Waals surface area contributed by atoms with Crippen LogP contribution in [0, 0.1) is 5.92 Å². The maximum atomic E-state index is 12.3. The van der Waals surface area contributed by atoms with Gasteiger partial charge in [-0.05, 0) is 77.0 Å². The lowest BCUT2D eigenvalue weighted by Gasteiger charge is -2.19. The summed E-state index contributed by atoms with van der Waals surface area (Å²) in [5.74, 6) is -0.154. The van der Waals surface area contributed by atoms with E-state index in [4.69, 9.17) is 5.11 Å². The molecule has 6 nitrogen and oxygen atoms in total. The Labute approximate surface area is 180 Å². The zero-order valence-electron chi connectivity index (χ0n) is 18.7. The third-order valence-corrected chi connectivity index (χ3v) is 5.69. The van der Waals surface area contributed by atoms with Crippen molar-refractivity contribution in [3.05, 3.63) is 41.2 Å². The number of amides is 1. The molecule has 0 aliphatic carbocycles. The summed E-state index contributed by atoms with van der Waals surface area (Å²) in [7, 11) is 0. The number of aromatic nitrogens is 1. The van der Waals surface area contributed by atoms with Gasteiger partial charge in [0.15, 0.2) is 0 Å². The number of nitrogens with zero attached hydrogens (tertiary/aromatic N) is 2. The largest absolute Gasteiger partial charge is 0.478 e. The Morgan fingerprint density at radius 3 is 2.90 bits per heavy atom. The van der Waals surface area contributed by atoms with Gasteiger partial charge in [0, 0.05) is 37.4 Å². The van der Waals surface area contributed by atoms with Crippen LogP contribution in [0.25, 0.3) is 0 Å². The molecule has 2 rings (SSSR count). The lowest BCUT2D eigenvalue weighted by molar-refractivity contribution is -0.121.